The monoisotopic (exact) mass is 221 g/mol. The van der Waals surface area contributed by atoms with Gasteiger partial charge in [-0.05, 0) is 17.5 Å². The SMILES string of the molecule is NC(=O)c1cc2cc3c(cc2s1)OCO3. The zero-order valence-corrected chi connectivity index (χ0v) is 8.47. The van der Waals surface area contributed by atoms with Crippen LogP contribution in [-0.2, 0) is 0 Å². The second-order valence-corrected chi connectivity index (χ2v) is 4.30. The van der Waals surface area contributed by atoms with Crippen LogP contribution in [0.15, 0.2) is 18.2 Å². The van der Waals surface area contributed by atoms with Crippen molar-refractivity contribution in [2.75, 3.05) is 6.79 Å². The summed E-state index contributed by atoms with van der Waals surface area (Å²) < 4.78 is 11.5. The van der Waals surface area contributed by atoms with E-state index in [1.54, 1.807) is 6.07 Å². The maximum atomic E-state index is 11.0. The van der Waals surface area contributed by atoms with Gasteiger partial charge in [0.05, 0.1) is 4.88 Å². The summed E-state index contributed by atoms with van der Waals surface area (Å²) in [5.74, 6) is 1.04. The quantitative estimate of drug-likeness (QED) is 0.797. The van der Waals surface area contributed by atoms with Crippen molar-refractivity contribution in [3.63, 3.8) is 0 Å². The minimum absolute atomic E-state index is 0.259. The second kappa shape index (κ2) is 2.87. The Morgan fingerprint density at radius 1 is 1.27 bits per heavy atom. The molecule has 1 aliphatic heterocycles. The van der Waals surface area contributed by atoms with Gasteiger partial charge in [0.25, 0.3) is 5.91 Å². The third-order valence-electron chi connectivity index (χ3n) is 2.25. The van der Waals surface area contributed by atoms with Gasteiger partial charge in [0.1, 0.15) is 0 Å². The molecule has 0 bridgehead atoms. The van der Waals surface area contributed by atoms with E-state index in [-0.39, 0.29) is 6.79 Å². The smallest absolute Gasteiger partial charge is 0.258 e. The van der Waals surface area contributed by atoms with Crippen LogP contribution in [0.1, 0.15) is 9.67 Å². The number of hydrogen-bond donors (Lipinski definition) is 1. The zero-order chi connectivity index (χ0) is 10.4. The molecule has 0 aliphatic carbocycles. The molecule has 2 heterocycles. The first kappa shape index (κ1) is 8.55. The number of benzene rings is 1. The number of carbonyl (C=O) groups excluding carboxylic acids is 1. The molecule has 0 spiro atoms. The molecule has 0 saturated heterocycles. The number of nitrogens with two attached hydrogens (primary N) is 1. The maximum absolute atomic E-state index is 11.0. The lowest BCUT2D eigenvalue weighted by Gasteiger charge is -1.94. The highest BCUT2D eigenvalue weighted by Crippen LogP contribution is 2.38. The van der Waals surface area contributed by atoms with E-state index < -0.39 is 5.91 Å². The maximum Gasteiger partial charge on any atom is 0.258 e. The highest BCUT2D eigenvalue weighted by atomic mass is 32.1. The fourth-order valence-electron chi connectivity index (χ4n) is 1.55. The Morgan fingerprint density at radius 2 is 2.00 bits per heavy atom. The van der Waals surface area contributed by atoms with E-state index in [0.717, 1.165) is 21.6 Å². The van der Waals surface area contributed by atoms with E-state index >= 15 is 0 Å². The second-order valence-electron chi connectivity index (χ2n) is 3.22. The highest BCUT2D eigenvalue weighted by molar-refractivity contribution is 7.20. The molecule has 3 rings (SSSR count). The number of thiophene rings is 1. The van der Waals surface area contributed by atoms with Crippen molar-refractivity contribution in [2.24, 2.45) is 5.73 Å². The topological polar surface area (TPSA) is 61.6 Å². The molecular weight excluding hydrogens is 214 g/mol. The summed E-state index contributed by atoms with van der Waals surface area (Å²) >= 11 is 1.36. The molecular formula is C10H7NO3S. The van der Waals surface area contributed by atoms with E-state index in [1.165, 1.54) is 11.3 Å². The summed E-state index contributed by atoms with van der Waals surface area (Å²) in [7, 11) is 0. The van der Waals surface area contributed by atoms with Gasteiger partial charge >= 0.3 is 0 Å². The lowest BCUT2D eigenvalue weighted by atomic mass is 10.2. The zero-order valence-electron chi connectivity index (χ0n) is 7.65. The average molecular weight is 221 g/mol. The molecule has 1 amide bonds. The van der Waals surface area contributed by atoms with Gasteiger partial charge in [0, 0.05) is 10.8 Å². The predicted molar refractivity (Wildman–Crippen MR) is 56.5 cm³/mol. The van der Waals surface area contributed by atoms with Gasteiger partial charge in [-0.2, -0.15) is 0 Å². The van der Waals surface area contributed by atoms with E-state index in [0.29, 0.717) is 4.88 Å². The molecule has 0 fully saturated rings. The van der Waals surface area contributed by atoms with Crippen molar-refractivity contribution in [1.29, 1.82) is 0 Å². The van der Waals surface area contributed by atoms with Crippen LogP contribution in [0.4, 0.5) is 0 Å². The van der Waals surface area contributed by atoms with Crippen LogP contribution in [0.25, 0.3) is 10.1 Å². The standard InChI is InChI=1S/C10H7NO3S/c11-10(12)9-2-5-1-6-7(14-4-13-6)3-8(5)15-9/h1-3H,4H2,(H2,11,12). The molecule has 2 N–H and O–H groups in total. The van der Waals surface area contributed by atoms with Gasteiger partial charge in [-0.1, -0.05) is 0 Å². The lowest BCUT2D eigenvalue weighted by Crippen LogP contribution is -2.07. The highest BCUT2D eigenvalue weighted by Gasteiger charge is 2.16. The first-order chi connectivity index (χ1) is 7.24. The average Bonchev–Trinajstić information content (AvgIpc) is 2.77. The van der Waals surface area contributed by atoms with Crippen molar-refractivity contribution < 1.29 is 14.3 Å². The van der Waals surface area contributed by atoms with Crippen molar-refractivity contribution in [1.82, 2.24) is 0 Å². The number of fused-ring (bicyclic) bond motifs is 2. The first-order valence-corrected chi connectivity index (χ1v) is 5.19. The summed E-state index contributed by atoms with van der Waals surface area (Å²) in [5.41, 5.74) is 5.21. The molecule has 0 radical (unpaired) electrons. The van der Waals surface area contributed by atoms with Gasteiger partial charge in [0.2, 0.25) is 6.79 Å². The van der Waals surface area contributed by atoms with E-state index in [2.05, 4.69) is 0 Å². The van der Waals surface area contributed by atoms with Gasteiger partial charge in [-0.15, -0.1) is 11.3 Å². The van der Waals surface area contributed by atoms with Crippen molar-refractivity contribution in [3.8, 4) is 11.5 Å². The minimum atomic E-state index is -0.404. The molecule has 4 nitrogen and oxygen atoms in total. The third-order valence-corrected chi connectivity index (χ3v) is 3.37. The number of carbonyl (C=O) groups is 1. The summed E-state index contributed by atoms with van der Waals surface area (Å²) in [6.45, 7) is 0.259. The largest absolute Gasteiger partial charge is 0.454 e. The third kappa shape index (κ3) is 1.24. The number of hydrogen-bond acceptors (Lipinski definition) is 4. The van der Waals surface area contributed by atoms with Gasteiger partial charge in [0.15, 0.2) is 11.5 Å². The molecule has 5 heteroatoms. The van der Waals surface area contributed by atoms with E-state index in [9.17, 15) is 4.79 Å². The van der Waals surface area contributed by atoms with Crippen molar-refractivity contribution in [2.45, 2.75) is 0 Å². The van der Waals surface area contributed by atoms with E-state index in [1.807, 2.05) is 12.1 Å². The molecule has 0 saturated carbocycles. The van der Waals surface area contributed by atoms with E-state index in [4.69, 9.17) is 15.2 Å². The molecule has 76 valence electrons. The molecule has 0 unspecified atom stereocenters. The number of ether oxygens (including phenoxy) is 2. The van der Waals surface area contributed by atoms with Crippen LogP contribution in [-0.4, -0.2) is 12.7 Å². The Hall–Kier alpha value is -1.75. The van der Waals surface area contributed by atoms with Crippen LogP contribution in [0.5, 0.6) is 11.5 Å². The van der Waals surface area contributed by atoms with Crippen LogP contribution in [0.3, 0.4) is 0 Å². The summed E-state index contributed by atoms with van der Waals surface area (Å²) in [6, 6.07) is 5.50. The number of primary amides is 1. The Balaban J connectivity index is 2.24. The summed E-state index contributed by atoms with van der Waals surface area (Å²) in [5, 5.41) is 0.957. The predicted octanol–water partition coefficient (Wildman–Crippen LogP) is 1.73. The van der Waals surface area contributed by atoms with Gasteiger partial charge in [-0.3, -0.25) is 4.79 Å². The lowest BCUT2D eigenvalue weighted by molar-refractivity contribution is 0.100. The fourth-order valence-corrected chi connectivity index (χ4v) is 2.48. The van der Waals surface area contributed by atoms with Crippen LogP contribution in [0.2, 0.25) is 0 Å². The number of amides is 1. The number of rotatable bonds is 1. The van der Waals surface area contributed by atoms with Crippen molar-refractivity contribution in [3.05, 3.63) is 23.1 Å². The Bertz CT molecular complexity index is 520. The van der Waals surface area contributed by atoms with Crippen LogP contribution in [0, 0.1) is 0 Å². The summed E-state index contributed by atoms with van der Waals surface area (Å²) in [4.78, 5) is 11.5. The Kier molecular flexibility index (Phi) is 1.63. The molecule has 2 aromatic rings. The molecule has 1 aromatic carbocycles. The molecule has 1 aliphatic rings. The minimum Gasteiger partial charge on any atom is -0.454 e. The fraction of sp³-hybridized carbons (Fsp3) is 0.100. The Morgan fingerprint density at radius 3 is 2.73 bits per heavy atom. The molecule has 15 heavy (non-hydrogen) atoms. The first-order valence-electron chi connectivity index (χ1n) is 4.37. The summed E-state index contributed by atoms with van der Waals surface area (Å²) in [6.07, 6.45) is 0. The normalized spacial score (nSPS) is 13.3. The Labute approximate surface area is 89.2 Å². The molecule has 0 atom stereocenters. The van der Waals surface area contributed by atoms with Crippen LogP contribution < -0.4 is 15.2 Å². The van der Waals surface area contributed by atoms with Gasteiger partial charge in [-0.25, -0.2) is 0 Å². The van der Waals surface area contributed by atoms with Gasteiger partial charge < -0.3 is 15.2 Å². The van der Waals surface area contributed by atoms with Crippen molar-refractivity contribution >= 4 is 27.3 Å². The van der Waals surface area contributed by atoms with Crippen LogP contribution >= 0.6 is 11.3 Å². The molecule has 1 aromatic heterocycles.